The lowest BCUT2D eigenvalue weighted by atomic mass is 10.1. The van der Waals surface area contributed by atoms with Gasteiger partial charge in [-0.2, -0.15) is 4.80 Å². The predicted octanol–water partition coefficient (Wildman–Crippen LogP) is 0.924. The van der Waals surface area contributed by atoms with Crippen LogP contribution in [0.2, 0.25) is 0 Å². The topological polar surface area (TPSA) is 98.7 Å². The minimum atomic E-state index is -0.447. The lowest BCUT2D eigenvalue weighted by Gasteiger charge is -2.23. The summed E-state index contributed by atoms with van der Waals surface area (Å²) in [7, 11) is 0. The molecule has 1 aromatic carbocycles. The Morgan fingerprint density at radius 1 is 1.32 bits per heavy atom. The number of carbonyl (C=O) groups excluding carboxylic acids is 1. The highest BCUT2D eigenvalue weighted by Gasteiger charge is 2.19. The molecule has 0 unspecified atom stereocenters. The maximum absolute atomic E-state index is 11.9. The number of aromatic nitrogens is 4. The summed E-state index contributed by atoms with van der Waals surface area (Å²) in [5, 5.41) is 14.9. The molecule has 0 bridgehead atoms. The summed E-state index contributed by atoms with van der Waals surface area (Å²) in [6.07, 6.45) is 0. The van der Waals surface area contributed by atoms with E-state index in [0.29, 0.717) is 12.4 Å². The molecule has 120 valence electrons. The fourth-order valence-electron chi connectivity index (χ4n) is 1.72. The number of benzene rings is 1. The molecule has 0 fully saturated rings. The smallest absolute Gasteiger partial charge is 0.244 e. The van der Waals surface area contributed by atoms with Gasteiger partial charge in [0.05, 0.1) is 0 Å². The molecule has 0 aliphatic carbocycles. The van der Waals surface area contributed by atoms with Crippen molar-refractivity contribution >= 4 is 18.3 Å². The molecule has 0 saturated carbocycles. The normalized spacial score (nSPS) is 10.9. The van der Waals surface area contributed by atoms with Gasteiger partial charge in [0.25, 0.3) is 0 Å². The van der Waals surface area contributed by atoms with E-state index in [1.54, 1.807) is 0 Å². The van der Waals surface area contributed by atoms with Gasteiger partial charge in [-0.3, -0.25) is 4.79 Å². The third kappa shape index (κ3) is 4.78. The van der Waals surface area contributed by atoms with Gasteiger partial charge in [0.1, 0.15) is 6.54 Å². The van der Waals surface area contributed by atoms with Crippen molar-refractivity contribution in [1.29, 1.82) is 0 Å². The maximum Gasteiger partial charge on any atom is 0.244 e. The second-order valence-electron chi connectivity index (χ2n) is 5.65. The first-order valence-electron chi connectivity index (χ1n) is 6.75. The highest BCUT2D eigenvalue weighted by molar-refractivity contribution is 5.85. The fraction of sp³-hybridized carbons (Fsp3) is 0.429. The van der Waals surface area contributed by atoms with Crippen LogP contribution in [0.5, 0.6) is 0 Å². The Bertz CT molecular complexity index is 623. The number of tetrazole rings is 1. The number of nitrogens with zero attached hydrogens (tertiary/aromatic N) is 4. The molecule has 22 heavy (non-hydrogen) atoms. The van der Waals surface area contributed by atoms with Gasteiger partial charge < -0.3 is 11.1 Å². The van der Waals surface area contributed by atoms with Gasteiger partial charge in [0.2, 0.25) is 11.7 Å². The SMILES string of the molecule is Cc1ccc(-c2nnn(CC(=O)NC(C)(C)CN)n2)cc1.Cl. The quantitative estimate of drug-likeness (QED) is 0.852. The number of nitrogens with two attached hydrogens (primary N) is 1. The summed E-state index contributed by atoms with van der Waals surface area (Å²) in [5.41, 5.74) is 7.16. The van der Waals surface area contributed by atoms with Crippen LogP contribution in [0, 0.1) is 6.92 Å². The minimum absolute atomic E-state index is 0. The third-order valence-electron chi connectivity index (χ3n) is 3.04. The minimum Gasteiger partial charge on any atom is -0.348 e. The first-order valence-corrected chi connectivity index (χ1v) is 6.75. The molecule has 2 rings (SSSR count). The zero-order valence-electron chi connectivity index (χ0n) is 12.9. The van der Waals surface area contributed by atoms with Crippen LogP contribution in [0.3, 0.4) is 0 Å². The van der Waals surface area contributed by atoms with Gasteiger partial charge in [-0.25, -0.2) is 0 Å². The molecule has 1 aromatic heterocycles. The Labute approximate surface area is 135 Å². The number of hydrogen-bond donors (Lipinski definition) is 2. The van der Waals surface area contributed by atoms with Crippen molar-refractivity contribution < 1.29 is 4.79 Å². The zero-order valence-corrected chi connectivity index (χ0v) is 13.7. The summed E-state index contributed by atoms with van der Waals surface area (Å²) in [6.45, 7) is 6.10. The van der Waals surface area contributed by atoms with Crippen molar-refractivity contribution in [3.63, 3.8) is 0 Å². The molecule has 0 saturated heterocycles. The van der Waals surface area contributed by atoms with Gasteiger partial charge in [0, 0.05) is 17.6 Å². The summed E-state index contributed by atoms with van der Waals surface area (Å²) in [4.78, 5) is 13.2. The van der Waals surface area contributed by atoms with E-state index in [1.165, 1.54) is 4.80 Å². The molecule has 8 heteroatoms. The second-order valence-corrected chi connectivity index (χ2v) is 5.65. The van der Waals surface area contributed by atoms with Crippen LogP contribution in [0.15, 0.2) is 24.3 Å². The first kappa shape index (κ1) is 18.1. The van der Waals surface area contributed by atoms with Gasteiger partial charge in [0.15, 0.2) is 0 Å². The number of hydrogen-bond acceptors (Lipinski definition) is 5. The highest BCUT2D eigenvalue weighted by atomic mass is 35.5. The van der Waals surface area contributed by atoms with E-state index in [4.69, 9.17) is 5.73 Å². The average molecular weight is 325 g/mol. The van der Waals surface area contributed by atoms with Crippen LogP contribution in [0.25, 0.3) is 11.4 Å². The molecule has 0 aliphatic heterocycles. The Kier molecular flexibility index (Phi) is 6.01. The van der Waals surface area contributed by atoms with Gasteiger partial charge in [-0.05, 0) is 26.0 Å². The molecule has 1 heterocycles. The van der Waals surface area contributed by atoms with Gasteiger partial charge in [-0.1, -0.05) is 29.8 Å². The summed E-state index contributed by atoms with van der Waals surface area (Å²) in [5.74, 6) is 0.305. The van der Waals surface area contributed by atoms with Crippen LogP contribution in [-0.2, 0) is 11.3 Å². The van der Waals surface area contributed by atoms with Crippen molar-refractivity contribution in [3.05, 3.63) is 29.8 Å². The van der Waals surface area contributed by atoms with Crippen molar-refractivity contribution in [1.82, 2.24) is 25.5 Å². The average Bonchev–Trinajstić information content (AvgIpc) is 2.87. The van der Waals surface area contributed by atoms with E-state index in [0.717, 1.165) is 11.1 Å². The summed E-state index contributed by atoms with van der Waals surface area (Å²) < 4.78 is 0. The maximum atomic E-state index is 11.9. The predicted molar refractivity (Wildman–Crippen MR) is 86.5 cm³/mol. The van der Waals surface area contributed by atoms with Crippen molar-refractivity contribution in [3.8, 4) is 11.4 Å². The van der Waals surface area contributed by atoms with E-state index in [9.17, 15) is 4.79 Å². The lowest BCUT2D eigenvalue weighted by molar-refractivity contribution is -0.123. The highest BCUT2D eigenvalue weighted by Crippen LogP contribution is 2.13. The van der Waals surface area contributed by atoms with Crippen molar-refractivity contribution in [2.75, 3.05) is 6.54 Å². The number of carbonyl (C=O) groups is 1. The molecule has 0 radical (unpaired) electrons. The third-order valence-corrected chi connectivity index (χ3v) is 3.04. The molecular weight excluding hydrogens is 304 g/mol. The molecule has 0 atom stereocenters. The molecule has 3 N–H and O–H groups in total. The Hall–Kier alpha value is -1.99. The van der Waals surface area contributed by atoms with E-state index in [2.05, 4.69) is 20.7 Å². The van der Waals surface area contributed by atoms with Crippen molar-refractivity contribution in [2.45, 2.75) is 32.9 Å². The number of amides is 1. The number of nitrogens with one attached hydrogen (secondary N) is 1. The van der Waals surface area contributed by atoms with E-state index in [-0.39, 0.29) is 24.9 Å². The van der Waals surface area contributed by atoms with Crippen LogP contribution in [-0.4, -0.2) is 38.2 Å². The molecule has 2 aromatic rings. The molecular formula is C14H21ClN6O. The molecule has 1 amide bonds. The summed E-state index contributed by atoms with van der Waals surface area (Å²) in [6, 6.07) is 7.81. The largest absolute Gasteiger partial charge is 0.348 e. The lowest BCUT2D eigenvalue weighted by Crippen LogP contribution is -2.50. The standard InChI is InChI=1S/C14H20N6O.ClH/c1-10-4-6-11(7-5-10)13-17-19-20(18-13)8-12(21)16-14(2,3)9-15;/h4-7H,8-9,15H2,1-3H3,(H,16,21);1H. The number of aryl methyl sites for hydroxylation is 1. The Balaban J connectivity index is 0.00000242. The molecule has 0 aliphatic rings. The Morgan fingerprint density at radius 2 is 1.95 bits per heavy atom. The van der Waals surface area contributed by atoms with E-state index >= 15 is 0 Å². The van der Waals surface area contributed by atoms with Crippen LogP contribution < -0.4 is 11.1 Å². The van der Waals surface area contributed by atoms with E-state index < -0.39 is 5.54 Å². The van der Waals surface area contributed by atoms with Gasteiger partial charge >= 0.3 is 0 Å². The van der Waals surface area contributed by atoms with Crippen LogP contribution >= 0.6 is 12.4 Å². The number of rotatable bonds is 5. The summed E-state index contributed by atoms with van der Waals surface area (Å²) >= 11 is 0. The van der Waals surface area contributed by atoms with Crippen molar-refractivity contribution in [2.24, 2.45) is 5.73 Å². The number of halogens is 1. The van der Waals surface area contributed by atoms with Crippen LogP contribution in [0.1, 0.15) is 19.4 Å². The van der Waals surface area contributed by atoms with Crippen LogP contribution in [0.4, 0.5) is 0 Å². The van der Waals surface area contributed by atoms with E-state index in [1.807, 2.05) is 45.0 Å². The fourth-order valence-corrected chi connectivity index (χ4v) is 1.72. The molecule has 0 spiro atoms. The Morgan fingerprint density at radius 3 is 2.55 bits per heavy atom. The monoisotopic (exact) mass is 324 g/mol. The molecule has 7 nitrogen and oxygen atoms in total. The second kappa shape index (κ2) is 7.33. The first-order chi connectivity index (χ1) is 9.89. The van der Waals surface area contributed by atoms with Gasteiger partial charge in [-0.15, -0.1) is 22.6 Å². The zero-order chi connectivity index (χ0) is 15.5.